The first kappa shape index (κ1) is 35.2. The van der Waals surface area contributed by atoms with E-state index in [1.165, 1.54) is 86.1 Å². The molecule has 0 saturated heterocycles. The molecule has 0 radical (unpaired) electrons. The molecule has 0 amide bonds. The van der Waals surface area contributed by atoms with Gasteiger partial charge in [-0.1, -0.05) is 164 Å². The monoisotopic (exact) mass is 794 g/mol. The van der Waals surface area contributed by atoms with Gasteiger partial charge in [0, 0.05) is 53.7 Å². The van der Waals surface area contributed by atoms with Crippen molar-refractivity contribution in [3.05, 3.63) is 231 Å². The van der Waals surface area contributed by atoms with Crippen LogP contribution in [0.5, 0.6) is 0 Å². The SMILES string of the molecule is c1ccc(-c2cccc3cccc(-c4ccc(N(c5ccc(-n6c7ccccc7c7ccccc76)cc5)c5ccc6c(c5)sc5cccc(-c7ccccc7)c56)cc4)c23)cc1. The van der Waals surface area contributed by atoms with Crippen molar-refractivity contribution < 1.29 is 0 Å². The third-order valence-electron chi connectivity index (χ3n) is 12.2. The predicted molar refractivity (Wildman–Crippen MR) is 262 cm³/mol. The molecule has 0 N–H and O–H groups in total. The van der Waals surface area contributed by atoms with Gasteiger partial charge >= 0.3 is 0 Å². The van der Waals surface area contributed by atoms with Crippen LogP contribution in [-0.2, 0) is 0 Å². The number of nitrogens with zero attached hydrogens (tertiary/aromatic N) is 2. The van der Waals surface area contributed by atoms with Gasteiger partial charge in [-0.3, -0.25) is 0 Å². The van der Waals surface area contributed by atoms with Gasteiger partial charge in [0.25, 0.3) is 0 Å². The van der Waals surface area contributed by atoms with Crippen molar-refractivity contribution in [2.45, 2.75) is 0 Å². The first-order chi connectivity index (χ1) is 30.3. The standard InChI is InChI=1S/C58H38N2S/c1-3-14-39(15-4-1)47-22-11-18-42-19-12-23-48(57(42)47)41-28-30-43(31-29-41)59(44-32-34-45(35-33-44)60-53-25-9-7-20-50(53)51-21-8-10-26-54(51)60)46-36-37-52-56(38-46)61-55-27-13-24-49(58(52)55)40-16-5-2-6-17-40/h1-38H. The molecule has 0 aliphatic rings. The topological polar surface area (TPSA) is 8.17 Å². The quantitative estimate of drug-likeness (QED) is 0.156. The zero-order valence-electron chi connectivity index (χ0n) is 33.2. The summed E-state index contributed by atoms with van der Waals surface area (Å²) in [5.41, 5.74) is 14.3. The van der Waals surface area contributed by atoms with E-state index in [0.717, 1.165) is 22.7 Å². The van der Waals surface area contributed by atoms with Gasteiger partial charge in [-0.25, -0.2) is 0 Å². The summed E-state index contributed by atoms with van der Waals surface area (Å²) >= 11 is 1.87. The van der Waals surface area contributed by atoms with Crippen LogP contribution in [0.15, 0.2) is 231 Å². The molecule has 0 unspecified atom stereocenters. The summed E-state index contributed by atoms with van der Waals surface area (Å²) in [5, 5.41) is 7.63. The van der Waals surface area contributed by atoms with Crippen molar-refractivity contribution in [1.82, 2.24) is 4.57 Å². The maximum Gasteiger partial charge on any atom is 0.0541 e. The average Bonchev–Trinajstić information content (AvgIpc) is 3.88. The maximum absolute atomic E-state index is 2.40. The Bertz CT molecular complexity index is 3510. The van der Waals surface area contributed by atoms with Crippen molar-refractivity contribution in [3.8, 4) is 39.1 Å². The molecule has 61 heavy (non-hydrogen) atoms. The van der Waals surface area contributed by atoms with E-state index in [2.05, 4.69) is 240 Å². The van der Waals surface area contributed by atoms with Gasteiger partial charge in [0.2, 0.25) is 0 Å². The largest absolute Gasteiger partial charge is 0.310 e. The van der Waals surface area contributed by atoms with Crippen LogP contribution in [0.4, 0.5) is 17.1 Å². The van der Waals surface area contributed by atoms with Gasteiger partial charge in [0.15, 0.2) is 0 Å². The van der Waals surface area contributed by atoms with Crippen molar-refractivity contribution in [2.24, 2.45) is 0 Å². The molecule has 12 rings (SSSR count). The second-order valence-corrected chi connectivity index (χ2v) is 16.8. The molecular weight excluding hydrogens is 757 g/mol. The maximum atomic E-state index is 2.40. The summed E-state index contributed by atoms with van der Waals surface area (Å²) in [7, 11) is 0. The van der Waals surface area contributed by atoms with Crippen LogP contribution in [0, 0.1) is 0 Å². The lowest BCUT2D eigenvalue weighted by molar-refractivity contribution is 1.17. The Balaban J connectivity index is 1.01. The zero-order chi connectivity index (χ0) is 40.3. The number of para-hydroxylation sites is 2. The van der Waals surface area contributed by atoms with Gasteiger partial charge in [0.1, 0.15) is 0 Å². The summed E-state index contributed by atoms with van der Waals surface area (Å²) in [6, 6.07) is 84.1. The molecule has 12 aromatic rings. The van der Waals surface area contributed by atoms with E-state index < -0.39 is 0 Å². The van der Waals surface area contributed by atoms with Crippen LogP contribution < -0.4 is 4.90 Å². The van der Waals surface area contributed by atoms with E-state index in [0.29, 0.717) is 0 Å². The molecule has 10 aromatic carbocycles. The molecular formula is C58H38N2S. The summed E-state index contributed by atoms with van der Waals surface area (Å²) in [6.07, 6.45) is 0. The number of aromatic nitrogens is 1. The molecule has 0 spiro atoms. The van der Waals surface area contributed by atoms with Crippen LogP contribution in [0.2, 0.25) is 0 Å². The smallest absolute Gasteiger partial charge is 0.0541 e. The first-order valence-electron chi connectivity index (χ1n) is 20.8. The number of fused-ring (bicyclic) bond motifs is 7. The number of hydrogen-bond acceptors (Lipinski definition) is 2. The lowest BCUT2D eigenvalue weighted by Crippen LogP contribution is -2.10. The van der Waals surface area contributed by atoms with Gasteiger partial charge in [-0.15, -0.1) is 11.3 Å². The highest BCUT2D eigenvalue weighted by atomic mass is 32.1. The molecule has 0 aliphatic carbocycles. The molecule has 2 nitrogen and oxygen atoms in total. The normalized spacial score (nSPS) is 11.6. The molecule has 2 heterocycles. The molecule has 3 heteroatoms. The number of hydrogen-bond donors (Lipinski definition) is 0. The highest BCUT2D eigenvalue weighted by Crippen LogP contribution is 2.45. The van der Waals surface area contributed by atoms with E-state index in [1.807, 2.05) is 11.3 Å². The Kier molecular flexibility index (Phi) is 8.39. The molecule has 0 fully saturated rings. The fourth-order valence-corrected chi connectivity index (χ4v) is 10.6. The van der Waals surface area contributed by atoms with Gasteiger partial charge < -0.3 is 9.47 Å². The van der Waals surface area contributed by atoms with E-state index in [9.17, 15) is 0 Å². The predicted octanol–water partition coefficient (Wildman–Crippen LogP) is 16.8. The fourth-order valence-electron chi connectivity index (χ4n) is 9.44. The minimum absolute atomic E-state index is 1.10. The van der Waals surface area contributed by atoms with Crippen molar-refractivity contribution in [2.75, 3.05) is 4.90 Å². The van der Waals surface area contributed by atoms with Crippen molar-refractivity contribution >= 4 is 81.1 Å². The molecule has 2 aromatic heterocycles. The molecule has 0 aliphatic heterocycles. The average molecular weight is 795 g/mol. The van der Waals surface area contributed by atoms with Crippen LogP contribution >= 0.6 is 11.3 Å². The van der Waals surface area contributed by atoms with Crippen LogP contribution in [0.25, 0.3) is 91.8 Å². The lowest BCUT2D eigenvalue weighted by atomic mass is 9.91. The molecule has 0 atom stereocenters. The number of thiophene rings is 1. The van der Waals surface area contributed by atoms with Gasteiger partial charge in [0.05, 0.1) is 11.0 Å². The summed E-state index contributed by atoms with van der Waals surface area (Å²) in [4.78, 5) is 2.40. The number of anilines is 3. The summed E-state index contributed by atoms with van der Waals surface area (Å²) in [6.45, 7) is 0. The number of benzene rings is 10. The van der Waals surface area contributed by atoms with Crippen LogP contribution in [-0.4, -0.2) is 4.57 Å². The van der Waals surface area contributed by atoms with E-state index >= 15 is 0 Å². The Morgan fingerprint density at radius 1 is 0.328 bits per heavy atom. The second-order valence-electron chi connectivity index (χ2n) is 15.7. The zero-order valence-corrected chi connectivity index (χ0v) is 34.1. The Hall–Kier alpha value is -7.72. The van der Waals surface area contributed by atoms with E-state index in [-0.39, 0.29) is 0 Å². The lowest BCUT2D eigenvalue weighted by Gasteiger charge is -2.26. The second kappa shape index (κ2) is 14.5. The van der Waals surface area contributed by atoms with Gasteiger partial charge in [-0.05, 0) is 111 Å². The summed E-state index contributed by atoms with van der Waals surface area (Å²) < 4.78 is 4.95. The first-order valence-corrected chi connectivity index (χ1v) is 21.7. The van der Waals surface area contributed by atoms with Crippen molar-refractivity contribution in [3.63, 3.8) is 0 Å². The molecule has 0 bridgehead atoms. The fraction of sp³-hybridized carbons (Fsp3) is 0. The highest BCUT2D eigenvalue weighted by Gasteiger charge is 2.19. The minimum atomic E-state index is 1.10. The van der Waals surface area contributed by atoms with Gasteiger partial charge in [-0.2, -0.15) is 0 Å². The minimum Gasteiger partial charge on any atom is -0.310 e. The third-order valence-corrected chi connectivity index (χ3v) is 13.3. The molecule has 286 valence electrons. The Labute approximate surface area is 358 Å². The summed E-state index contributed by atoms with van der Waals surface area (Å²) in [5.74, 6) is 0. The Morgan fingerprint density at radius 2 is 0.820 bits per heavy atom. The van der Waals surface area contributed by atoms with Crippen LogP contribution in [0.3, 0.4) is 0 Å². The van der Waals surface area contributed by atoms with E-state index in [4.69, 9.17) is 0 Å². The van der Waals surface area contributed by atoms with E-state index in [1.54, 1.807) is 0 Å². The third kappa shape index (κ3) is 5.93. The highest BCUT2D eigenvalue weighted by molar-refractivity contribution is 7.26. The molecule has 0 saturated carbocycles. The van der Waals surface area contributed by atoms with Crippen molar-refractivity contribution in [1.29, 1.82) is 0 Å². The van der Waals surface area contributed by atoms with Crippen LogP contribution in [0.1, 0.15) is 0 Å². The number of rotatable bonds is 7. The Morgan fingerprint density at radius 3 is 1.43 bits per heavy atom.